The average Bonchev–Trinajstić information content (AvgIpc) is 2.10. The normalized spacial score (nSPS) is 9.00. The number of esters is 2. The molecule has 0 amide bonds. The van der Waals surface area contributed by atoms with Gasteiger partial charge in [-0.25, -0.2) is 9.59 Å². The van der Waals surface area contributed by atoms with Gasteiger partial charge in [-0.3, -0.25) is 4.79 Å². The Balaban J connectivity index is 3.52. The molecule has 0 aliphatic rings. The second-order valence-corrected chi connectivity index (χ2v) is 2.07. The fourth-order valence-electron chi connectivity index (χ4n) is 0.425. The molecule has 0 bridgehead atoms. The van der Waals surface area contributed by atoms with Crippen LogP contribution in [-0.4, -0.2) is 36.2 Å². The topological polar surface area (TPSA) is 89.9 Å². The lowest BCUT2D eigenvalue weighted by molar-refractivity contribution is -0.162. The van der Waals surface area contributed by atoms with Crippen LogP contribution in [0.1, 0.15) is 13.3 Å². The zero-order valence-corrected chi connectivity index (χ0v) is 7.11. The van der Waals surface area contributed by atoms with E-state index in [0.717, 1.165) is 0 Å². The highest BCUT2D eigenvalue weighted by molar-refractivity contribution is 5.78. The summed E-state index contributed by atoms with van der Waals surface area (Å²) < 4.78 is 8.56. The summed E-state index contributed by atoms with van der Waals surface area (Å²) in [6.07, 6.45) is 0.159. The molecule has 0 spiro atoms. The third-order valence-electron chi connectivity index (χ3n) is 0.996. The lowest BCUT2D eigenvalue weighted by atomic mass is 10.5. The maximum absolute atomic E-state index is 10.6. The molecule has 6 heteroatoms. The quantitative estimate of drug-likeness (QED) is 0.591. The first-order valence-electron chi connectivity index (χ1n) is 3.59. The van der Waals surface area contributed by atoms with Gasteiger partial charge < -0.3 is 14.6 Å². The first kappa shape index (κ1) is 11.4. The van der Waals surface area contributed by atoms with Crippen LogP contribution in [0.15, 0.2) is 0 Å². The molecule has 13 heavy (non-hydrogen) atoms. The van der Waals surface area contributed by atoms with Gasteiger partial charge in [0.25, 0.3) is 0 Å². The number of rotatable bonds is 5. The number of hydrogen-bond acceptors (Lipinski definition) is 5. The van der Waals surface area contributed by atoms with Crippen LogP contribution in [0.2, 0.25) is 0 Å². The average molecular weight is 190 g/mol. The first-order valence-corrected chi connectivity index (χ1v) is 3.59. The Labute approximate surface area is 74.4 Å². The van der Waals surface area contributed by atoms with E-state index in [1.165, 1.54) is 0 Å². The van der Waals surface area contributed by atoms with Crippen molar-refractivity contribution in [1.29, 1.82) is 0 Å². The molecule has 0 fully saturated rings. The van der Waals surface area contributed by atoms with Crippen molar-refractivity contribution >= 4 is 17.9 Å². The van der Waals surface area contributed by atoms with E-state index in [2.05, 4.69) is 9.47 Å². The highest BCUT2D eigenvalue weighted by Gasteiger charge is 2.08. The van der Waals surface area contributed by atoms with E-state index in [0.29, 0.717) is 0 Å². The van der Waals surface area contributed by atoms with Gasteiger partial charge in [0.05, 0.1) is 0 Å². The van der Waals surface area contributed by atoms with Crippen molar-refractivity contribution in [3.8, 4) is 0 Å². The van der Waals surface area contributed by atoms with Crippen molar-refractivity contribution in [2.45, 2.75) is 13.3 Å². The maximum atomic E-state index is 10.6. The zero-order valence-electron chi connectivity index (χ0n) is 7.11. The van der Waals surface area contributed by atoms with Crippen molar-refractivity contribution < 1.29 is 29.0 Å². The SMILES string of the molecule is CCC(=O)OCC(=O)OCC(=O)O. The molecule has 0 unspecified atom stereocenters. The number of carbonyl (C=O) groups excluding carboxylic acids is 2. The van der Waals surface area contributed by atoms with Crippen molar-refractivity contribution in [3.63, 3.8) is 0 Å². The Hall–Kier alpha value is -1.59. The lowest BCUT2D eigenvalue weighted by Crippen LogP contribution is -2.19. The predicted molar refractivity (Wildman–Crippen MR) is 39.8 cm³/mol. The Morgan fingerprint density at radius 2 is 1.62 bits per heavy atom. The van der Waals surface area contributed by atoms with Gasteiger partial charge in [-0.2, -0.15) is 0 Å². The van der Waals surface area contributed by atoms with E-state index >= 15 is 0 Å². The summed E-state index contributed by atoms with van der Waals surface area (Å²) in [5.41, 5.74) is 0. The van der Waals surface area contributed by atoms with Gasteiger partial charge in [0.1, 0.15) is 0 Å². The van der Waals surface area contributed by atoms with Gasteiger partial charge in [0, 0.05) is 6.42 Å². The molecule has 0 aromatic heterocycles. The molecular weight excluding hydrogens is 180 g/mol. The summed E-state index contributed by atoms with van der Waals surface area (Å²) >= 11 is 0. The Morgan fingerprint density at radius 3 is 2.08 bits per heavy atom. The molecule has 0 aliphatic heterocycles. The van der Waals surface area contributed by atoms with Crippen LogP contribution in [0.4, 0.5) is 0 Å². The molecule has 0 saturated carbocycles. The molecule has 0 aromatic rings. The fraction of sp³-hybridized carbons (Fsp3) is 0.571. The molecule has 6 nitrogen and oxygen atoms in total. The van der Waals surface area contributed by atoms with Gasteiger partial charge in [-0.15, -0.1) is 0 Å². The molecule has 0 radical (unpaired) electrons. The van der Waals surface area contributed by atoms with Crippen LogP contribution in [-0.2, 0) is 23.9 Å². The van der Waals surface area contributed by atoms with E-state index in [1.807, 2.05) is 0 Å². The van der Waals surface area contributed by atoms with E-state index in [1.54, 1.807) is 6.92 Å². The molecule has 0 atom stereocenters. The molecule has 0 heterocycles. The maximum Gasteiger partial charge on any atom is 0.344 e. The minimum Gasteiger partial charge on any atom is -0.479 e. The van der Waals surface area contributed by atoms with Gasteiger partial charge in [0.15, 0.2) is 13.2 Å². The summed E-state index contributed by atoms with van der Waals surface area (Å²) in [4.78, 5) is 31.0. The second-order valence-electron chi connectivity index (χ2n) is 2.07. The van der Waals surface area contributed by atoms with Gasteiger partial charge in [-0.1, -0.05) is 6.92 Å². The van der Waals surface area contributed by atoms with Crippen molar-refractivity contribution in [1.82, 2.24) is 0 Å². The van der Waals surface area contributed by atoms with Crippen molar-refractivity contribution in [3.05, 3.63) is 0 Å². The molecular formula is C7H10O6. The third kappa shape index (κ3) is 6.79. The van der Waals surface area contributed by atoms with Crippen LogP contribution in [0.25, 0.3) is 0 Å². The molecule has 74 valence electrons. The minimum atomic E-state index is -1.25. The summed E-state index contributed by atoms with van der Waals surface area (Å²) in [5.74, 6) is -2.66. The Bertz CT molecular complexity index is 209. The highest BCUT2D eigenvalue weighted by Crippen LogP contribution is 1.86. The van der Waals surface area contributed by atoms with Crippen LogP contribution >= 0.6 is 0 Å². The van der Waals surface area contributed by atoms with Gasteiger partial charge in [-0.05, 0) is 0 Å². The molecule has 0 saturated heterocycles. The van der Waals surface area contributed by atoms with E-state index in [-0.39, 0.29) is 6.42 Å². The lowest BCUT2D eigenvalue weighted by Gasteiger charge is -2.02. The Morgan fingerprint density at radius 1 is 1.08 bits per heavy atom. The summed E-state index contributed by atoms with van der Waals surface area (Å²) in [5, 5.41) is 8.10. The van der Waals surface area contributed by atoms with Gasteiger partial charge >= 0.3 is 17.9 Å². The van der Waals surface area contributed by atoms with E-state index in [4.69, 9.17) is 5.11 Å². The number of aliphatic carboxylic acids is 1. The molecule has 0 rings (SSSR count). The number of carboxylic acid groups (broad SMARTS) is 1. The van der Waals surface area contributed by atoms with Crippen molar-refractivity contribution in [2.24, 2.45) is 0 Å². The smallest absolute Gasteiger partial charge is 0.344 e. The van der Waals surface area contributed by atoms with Gasteiger partial charge in [0.2, 0.25) is 0 Å². The highest BCUT2D eigenvalue weighted by atomic mass is 16.6. The third-order valence-corrected chi connectivity index (χ3v) is 0.996. The van der Waals surface area contributed by atoms with E-state index < -0.39 is 31.1 Å². The number of ether oxygens (including phenoxy) is 2. The van der Waals surface area contributed by atoms with Crippen LogP contribution in [0.3, 0.4) is 0 Å². The largest absolute Gasteiger partial charge is 0.479 e. The predicted octanol–water partition coefficient (Wildman–Crippen LogP) is -0.433. The van der Waals surface area contributed by atoms with Crippen LogP contribution < -0.4 is 0 Å². The summed E-state index contributed by atoms with van der Waals surface area (Å²) in [6.45, 7) is 0.313. The fourth-order valence-corrected chi connectivity index (χ4v) is 0.425. The Kier molecular flexibility index (Phi) is 5.25. The molecule has 1 N–H and O–H groups in total. The summed E-state index contributed by atoms with van der Waals surface area (Å²) in [7, 11) is 0. The zero-order chi connectivity index (χ0) is 10.3. The second kappa shape index (κ2) is 5.99. The monoisotopic (exact) mass is 190 g/mol. The standard InChI is InChI=1S/C7H10O6/c1-2-6(10)13-4-7(11)12-3-5(8)9/h2-4H2,1H3,(H,8,9). The number of carboxylic acids is 1. The minimum absolute atomic E-state index is 0.159. The summed E-state index contributed by atoms with van der Waals surface area (Å²) in [6, 6.07) is 0. The van der Waals surface area contributed by atoms with E-state index in [9.17, 15) is 14.4 Å². The van der Waals surface area contributed by atoms with Crippen LogP contribution in [0.5, 0.6) is 0 Å². The number of carbonyl (C=O) groups is 3. The first-order chi connectivity index (χ1) is 6.06. The molecule has 0 aromatic carbocycles. The number of hydrogen-bond donors (Lipinski definition) is 1. The van der Waals surface area contributed by atoms with Crippen LogP contribution in [0, 0.1) is 0 Å². The molecule has 0 aliphatic carbocycles. The van der Waals surface area contributed by atoms with Crippen molar-refractivity contribution in [2.75, 3.05) is 13.2 Å².